The maximum absolute atomic E-state index is 13.0. The molecular formula is C12H11FN4O. The Morgan fingerprint density at radius 2 is 2.22 bits per heavy atom. The first kappa shape index (κ1) is 12.1. The van der Waals surface area contributed by atoms with Crippen molar-refractivity contribution in [3.05, 3.63) is 41.0 Å². The molecule has 6 heteroatoms. The Labute approximate surface area is 103 Å². The molecule has 1 heterocycles. The van der Waals surface area contributed by atoms with E-state index < -0.39 is 0 Å². The van der Waals surface area contributed by atoms with E-state index in [4.69, 9.17) is 0 Å². The molecule has 5 nitrogen and oxygen atoms in total. The standard InChI is InChI=1S/C12H11FN4O/c1-8-5-11(13)4-3-9(8)6-10(7-18)12-14-15-16-17(12)2/h3-7H,1-2H3. The molecule has 0 radical (unpaired) electrons. The smallest absolute Gasteiger partial charge is 0.185 e. The Morgan fingerprint density at radius 3 is 2.78 bits per heavy atom. The molecule has 92 valence electrons. The number of halogens is 1. The summed E-state index contributed by atoms with van der Waals surface area (Å²) in [4.78, 5) is 11.1. The Balaban J connectivity index is 2.47. The summed E-state index contributed by atoms with van der Waals surface area (Å²) in [6.45, 7) is 1.77. The molecule has 0 unspecified atom stereocenters. The summed E-state index contributed by atoms with van der Waals surface area (Å²) >= 11 is 0. The summed E-state index contributed by atoms with van der Waals surface area (Å²) in [5, 5.41) is 10.9. The van der Waals surface area contributed by atoms with E-state index in [1.807, 2.05) is 0 Å². The fraction of sp³-hybridized carbons (Fsp3) is 0.167. The van der Waals surface area contributed by atoms with Crippen LogP contribution in [0.5, 0.6) is 0 Å². The van der Waals surface area contributed by atoms with Gasteiger partial charge in [0.1, 0.15) is 5.82 Å². The Hall–Kier alpha value is -2.37. The number of aryl methyl sites for hydroxylation is 2. The summed E-state index contributed by atoms with van der Waals surface area (Å²) < 4.78 is 14.4. The quantitative estimate of drug-likeness (QED) is 0.606. The predicted octanol–water partition coefficient (Wildman–Crippen LogP) is 1.40. The highest BCUT2D eigenvalue weighted by molar-refractivity contribution is 6.12. The number of aldehydes is 1. The van der Waals surface area contributed by atoms with Crippen LogP contribution >= 0.6 is 0 Å². The van der Waals surface area contributed by atoms with Crippen LogP contribution in [0.15, 0.2) is 18.2 Å². The molecule has 0 aliphatic heterocycles. The van der Waals surface area contributed by atoms with E-state index in [9.17, 15) is 9.18 Å². The summed E-state index contributed by atoms with van der Waals surface area (Å²) in [7, 11) is 1.64. The van der Waals surface area contributed by atoms with Gasteiger partial charge in [0.15, 0.2) is 12.1 Å². The molecule has 0 aliphatic rings. The minimum absolute atomic E-state index is 0.308. The van der Waals surface area contributed by atoms with Gasteiger partial charge < -0.3 is 0 Å². The number of hydrogen-bond acceptors (Lipinski definition) is 4. The molecule has 2 rings (SSSR count). The molecule has 0 amide bonds. The van der Waals surface area contributed by atoms with Crippen molar-refractivity contribution in [2.75, 3.05) is 0 Å². The number of benzene rings is 1. The highest BCUT2D eigenvalue weighted by Crippen LogP contribution is 2.17. The van der Waals surface area contributed by atoms with Gasteiger partial charge in [-0.25, -0.2) is 9.07 Å². The van der Waals surface area contributed by atoms with Crippen molar-refractivity contribution in [1.82, 2.24) is 20.2 Å². The van der Waals surface area contributed by atoms with E-state index in [0.29, 0.717) is 17.7 Å². The van der Waals surface area contributed by atoms with Gasteiger partial charge in [-0.2, -0.15) is 0 Å². The summed E-state index contributed by atoms with van der Waals surface area (Å²) in [5.41, 5.74) is 1.84. The maximum atomic E-state index is 13.0. The maximum Gasteiger partial charge on any atom is 0.185 e. The number of aromatic nitrogens is 4. The van der Waals surface area contributed by atoms with E-state index in [1.54, 1.807) is 26.1 Å². The van der Waals surface area contributed by atoms with Crippen LogP contribution in [0.25, 0.3) is 11.6 Å². The molecule has 2 aromatic rings. The number of allylic oxidation sites excluding steroid dienone is 1. The first-order chi connectivity index (χ1) is 8.61. The zero-order valence-corrected chi connectivity index (χ0v) is 9.96. The van der Waals surface area contributed by atoms with E-state index in [1.165, 1.54) is 16.8 Å². The van der Waals surface area contributed by atoms with Crippen molar-refractivity contribution in [1.29, 1.82) is 0 Å². The van der Waals surface area contributed by atoms with Crippen molar-refractivity contribution in [2.45, 2.75) is 6.92 Å². The number of hydrogen-bond donors (Lipinski definition) is 0. The number of nitrogens with zero attached hydrogens (tertiary/aromatic N) is 4. The lowest BCUT2D eigenvalue weighted by molar-refractivity contribution is -0.103. The van der Waals surface area contributed by atoms with Gasteiger partial charge >= 0.3 is 0 Å². The molecule has 1 aromatic carbocycles. The SMILES string of the molecule is Cc1cc(F)ccc1C=C(C=O)c1nnnn1C. The molecule has 0 bridgehead atoms. The predicted molar refractivity (Wildman–Crippen MR) is 63.9 cm³/mol. The van der Waals surface area contributed by atoms with E-state index >= 15 is 0 Å². The van der Waals surface area contributed by atoms with Crippen LogP contribution in [0.1, 0.15) is 17.0 Å². The van der Waals surface area contributed by atoms with Crippen LogP contribution in [0, 0.1) is 12.7 Å². The van der Waals surface area contributed by atoms with Crippen LogP contribution in [-0.4, -0.2) is 26.5 Å². The molecule has 0 fully saturated rings. The summed E-state index contributed by atoms with van der Waals surface area (Å²) in [5.74, 6) is 0.0614. The minimum atomic E-state index is -0.308. The topological polar surface area (TPSA) is 60.7 Å². The number of rotatable bonds is 3. The number of tetrazole rings is 1. The molecule has 0 aliphatic carbocycles. The lowest BCUT2D eigenvalue weighted by Gasteiger charge is -2.02. The highest BCUT2D eigenvalue weighted by atomic mass is 19.1. The van der Waals surface area contributed by atoms with Gasteiger partial charge in [0.25, 0.3) is 0 Å². The van der Waals surface area contributed by atoms with Gasteiger partial charge in [-0.3, -0.25) is 4.79 Å². The average molecular weight is 246 g/mol. The lowest BCUT2D eigenvalue weighted by atomic mass is 10.1. The van der Waals surface area contributed by atoms with Gasteiger partial charge in [0, 0.05) is 7.05 Å². The van der Waals surface area contributed by atoms with Crippen molar-refractivity contribution in [2.24, 2.45) is 7.05 Å². The second-order valence-corrected chi connectivity index (χ2v) is 3.84. The zero-order valence-electron chi connectivity index (χ0n) is 9.96. The van der Waals surface area contributed by atoms with Crippen molar-refractivity contribution in [3.8, 4) is 0 Å². The van der Waals surface area contributed by atoms with E-state index in [-0.39, 0.29) is 5.82 Å². The normalized spacial score (nSPS) is 11.6. The molecular weight excluding hydrogens is 235 g/mol. The molecule has 1 aromatic heterocycles. The third-order valence-corrected chi connectivity index (χ3v) is 2.55. The van der Waals surface area contributed by atoms with Gasteiger partial charge in [0.05, 0.1) is 5.57 Å². The number of carbonyl (C=O) groups is 1. The zero-order chi connectivity index (χ0) is 13.1. The van der Waals surface area contributed by atoms with Gasteiger partial charge in [-0.05, 0) is 46.7 Å². The van der Waals surface area contributed by atoms with Gasteiger partial charge in [0.2, 0.25) is 0 Å². The first-order valence-corrected chi connectivity index (χ1v) is 5.27. The van der Waals surface area contributed by atoms with Gasteiger partial charge in [-0.15, -0.1) is 5.10 Å². The Morgan fingerprint density at radius 1 is 1.44 bits per heavy atom. The Kier molecular flexibility index (Phi) is 3.27. The third-order valence-electron chi connectivity index (χ3n) is 2.55. The van der Waals surface area contributed by atoms with Crippen molar-refractivity contribution < 1.29 is 9.18 Å². The van der Waals surface area contributed by atoms with Crippen LogP contribution < -0.4 is 0 Å². The molecule has 0 spiro atoms. The average Bonchev–Trinajstić information content (AvgIpc) is 2.75. The molecule has 0 saturated heterocycles. The largest absolute Gasteiger partial charge is 0.298 e. The highest BCUT2D eigenvalue weighted by Gasteiger charge is 2.09. The van der Waals surface area contributed by atoms with Crippen LogP contribution in [0.3, 0.4) is 0 Å². The summed E-state index contributed by atoms with van der Waals surface area (Å²) in [6.07, 6.45) is 2.31. The second kappa shape index (κ2) is 4.87. The fourth-order valence-corrected chi connectivity index (χ4v) is 1.59. The third kappa shape index (κ3) is 2.32. The lowest BCUT2D eigenvalue weighted by Crippen LogP contribution is -2.00. The van der Waals surface area contributed by atoms with E-state index in [0.717, 1.165) is 11.1 Å². The van der Waals surface area contributed by atoms with Crippen LogP contribution in [0.4, 0.5) is 4.39 Å². The first-order valence-electron chi connectivity index (χ1n) is 5.27. The Bertz CT molecular complexity index is 618. The summed E-state index contributed by atoms with van der Waals surface area (Å²) in [6, 6.07) is 4.36. The van der Waals surface area contributed by atoms with E-state index in [2.05, 4.69) is 15.5 Å². The molecule has 18 heavy (non-hydrogen) atoms. The molecule has 0 atom stereocenters. The van der Waals surface area contributed by atoms with Crippen molar-refractivity contribution >= 4 is 17.9 Å². The number of carbonyl (C=O) groups excluding carboxylic acids is 1. The fourth-order valence-electron chi connectivity index (χ4n) is 1.59. The minimum Gasteiger partial charge on any atom is -0.298 e. The van der Waals surface area contributed by atoms with Crippen LogP contribution in [-0.2, 0) is 11.8 Å². The second-order valence-electron chi connectivity index (χ2n) is 3.84. The molecule has 0 saturated carbocycles. The van der Waals surface area contributed by atoms with Crippen molar-refractivity contribution in [3.63, 3.8) is 0 Å². The van der Waals surface area contributed by atoms with Gasteiger partial charge in [-0.1, -0.05) is 6.07 Å². The molecule has 0 N–H and O–H groups in total. The van der Waals surface area contributed by atoms with Crippen LogP contribution in [0.2, 0.25) is 0 Å². The monoisotopic (exact) mass is 246 g/mol.